The van der Waals surface area contributed by atoms with Crippen molar-refractivity contribution in [1.82, 2.24) is 9.97 Å². The van der Waals surface area contributed by atoms with E-state index in [0.717, 1.165) is 30.3 Å². The van der Waals surface area contributed by atoms with Crippen LogP contribution in [0.5, 0.6) is 0 Å². The van der Waals surface area contributed by atoms with E-state index in [1.54, 1.807) is 0 Å². The number of hydrogen-bond donors (Lipinski definition) is 0. The molecule has 3 nitrogen and oxygen atoms in total. The summed E-state index contributed by atoms with van der Waals surface area (Å²) in [6, 6.07) is 0. The summed E-state index contributed by atoms with van der Waals surface area (Å²) in [6.07, 6.45) is 1.18. The molecule has 0 amide bonds. The molecule has 0 aromatic carbocycles. The van der Waals surface area contributed by atoms with Crippen LogP contribution in [-0.4, -0.2) is 23.1 Å². The number of aromatic nitrogens is 2. The first kappa shape index (κ1) is 11.6. The molecule has 4 heteroatoms. The van der Waals surface area contributed by atoms with Crippen LogP contribution in [0.25, 0.3) is 0 Å². The van der Waals surface area contributed by atoms with Crippen molar-refractivity contribution in [3.63, 3.8) is 0 Å². The molecule has 0 radical (unpaired) electrons. The van der Waals surface area contributed by atoms with E-state index in [-0.39, 0.29) is 0 Å². The molecule has 1 aliphatic rings. The Morgan fingerprint density at radius 1 is 1.19 bits per heavy atom. The van der Waals surface area contributed by atoms with Crippen LogP contribution in [0, 0.1) is 19.3 Å². The smallest absolute Gasteiger partial charge is 0.171 e. The van der Waals surface area contributed by atoms with Gasteiger partial charge in [-0.15, -0.1) is 0 Å². The Hall–Kier alpha value is -0.830. The molecule has 16 heavy (non-hydrogen) atoms. The Morgan fingerprint density at radius 3 is 2.38 bits per heavy atom. The summed E-state index contributed by atoms with van der Waals surface area (Å²) in [5.74, 6) is 0.843. The topological polar surface area (TPSA) is 29.0 Å². The third-order valence-corrected chi connectivity index (χ3v) is 3.48. The maximum Gasteiger partial charge on any atom is 0.171 e. The van der Waals surface area contributed by atoms with Crippen molar-refractivity contribution in [3.8, 4) is 0 Å². The molecular weight excluding hydrogens is 222 g/mol. The molecule has 2 rings (SSSR count). The Kier molecular flexibility index (Phi) is 2.82. The molecule has 1 aliphatic heterocycles. The SMILES string of the molecule is Cc1nc(Cl)c(N2CCC(C)(C)C2)nc1C. The molecule has 0 saturated carbocycles. The first-order valence-corrected chi connectivity index (χ1v) is 6.02. The maximum absolute atomic E-state index is 6.16. The van der Waals surface area contributed by atoms with Crippen molar-refractivity contribution >= 4 is 17.4 Å². The molecule has 0 bridgehead atoms. The fourth-order valence-corrected chi connectivity index (χ4v) is 2.35. The van der Waals surface area contributed by atoms with Gasteiger partial charge in [-0.3, -0.25) is 0 Å². The predicted molar refractivity (Wildman–Crippen MR) is 67.1 cm³/mol. The van der Waals surface area contributed by atoms with E-state index in [9.17, 15) is 0 Å². The van der Waals surface area contributed by atoms with Crippen LogP contribution in [0.1, 0.15) is 31.7 Å². The minimum absolute atomic E-state index is 0.351. The highest BCUT2D eigenvalue weighted by molar-refractivity contribution is 6.31. The minimum atomic E-state index is 0.351. The largest absolute Gasteiger partial charge is 0.353 e. The summed E-state index contributed by atoms with van der Waals surface area (Å²) >= 11 is 6.16. The lowest BCUT2D eigenvalue weighted by molar-refractivity contribution is 0.418. The maximum atomic E-state index is 6.16. The van der Waals surface area contributed by atoms with E-state index in [1.165, 1.54) is 6.42 Å². The van der Waals surface area contributed by atoms with Crippen molar-refractivity contribution in [1.29, 1.82) is 0 Å². The zero-order valence-electron chi connectivity index (χ0n) is 10.3. The lowest BCUT2D eigenvalue weighted by Gasteiger charge is -2.21. The zero-order valence-corrected chi connectivity index (χ0v) is 11.1. The van der Waals surface area contributed by atoms with E-state index in [2.05, 4.69) is 28.7 Å². The van der Waals surface area contributed by atoms with Crippen molar-refractivity contribution in [3.05, 3.63) is 16.5 Å². The van der Waals surface area contributed by atoms with Gasteiger partial charge in [-0.1, -0.05) is 25.4 Å². The molecular formula is C12H18ClN3. The number of aryl methyl sites for hydroxylation is 2. The first-order chi connectivity index (χ1) is 7.39. The van der Waals surface area contributed by atoms with Gasteiger partial charge in [0.15, 0.2) is 11.0 Å². The number of hydrogen-bond acceptors (Lipinski definition) is 3. The zero-order chi connectivity index (χ0) is 11.9. The third kappa shape index (κ3) is 2.14. The molecule has 2 heterocycles. The molecule has 0 spiro atoms. The minimum Gasteiger partial charge on any atom is -0.353 e. The van der Waals surface area contributed by atoms with Gasteiger partial charge in [0.2, 0.25) is 0 Å². The molecule has 1 aromatic rings. The molecule has 1 saturated heterocycles. The second kappa shape index (κ2) is 3.88. The van der Waals surface area contributed by atoms with Crippen LogP contribution in [0.15, 0.2) is 0 Å². The van der Waals surface area contributed by atoms with Gasteiger partial charge >= 0.3 is 0 Å². The lowest BCUT2D eigenvalue weighted by Crippen LogP contribution is -2.24. The average molecular weight is 240 g/mol. The average Bonchev–Trinajstić information content (AvgIpc) is 2.52. The van der Waals surface area contributed by atoms with Crippen LogP contribution < -0.4 is 4.90 Å². The fourth-order valence-electron chi connectivity index (χ4n) is 2.06. The van der Waals surface area contributed by atoms with Gasteiger partial charge in [-0.25, -0.2) is 9.97 Å². The standard InChI is InChI=1S/C12H18ClN3/c1-8-9(2)15-11(10(13)14-8)16-6-5-12(3,4)7-16/h5-7H2,1-4H3. The quantitative estimate of drug-likeness (QED) is 0.755. The summed E-state index contributed by atoms with van der Waals surface area (Å²) < 4.78 is 0. The van der Waals surface area contributed by atoms with Crippen LogP contribution in [0.4, 0.5) is 5.82 Å². The number of nitrogens with zero attached hydrogens (tertiary/aromatic N) is 3. The fraction of sp³-hybridized carbons (Fsp3) is 0.667. The summed E-state index contributed by atoms with van der Waals surface area (Å²) in [5.41, 5.74) is 2.22. The number of rotatable bonds is 1. The Morgan fingerprint density at radius 2 is 1.81 bits per heavy atom. The highest BCUT2D eigenvalue weighted by Gasteiger charge is 2.31. The molecule has 0 atom stereocenters. The predicted octanol–water partition coefficient (Wildman–Crippen LogP) is 2.98. The van der Waals surface area contributed by atoms with Crippen LogP contribution in [0.2, 0.25) is 5.15 Å². The molecule has 88 valence electrons. The van der Waals surface area contributed by atoms with Crippen molar-refractivity contribution in [2.45, 2.75) is 34.1 Å². The van der Waals surface area contributed by atoms with Gasteiger partial charge in [0.25, 0.3) is 0 Å². The number of anilines is 1. The normalized spacial score (nSPS) is 19.2. The monoisotopic (exact) mass is 239 g/mol. The highest BCUT2D eigenvalue weighted by Crippen LogP contribution is 2.34. The molecule has 1 fully saturated rings. The van der Waals surface area contributed by atoms with Crippen molar-refractivity contribution in [2.24, 2.45) is 5.41 Å². The Balaban J connectivity index is 2.32. The van der Waals surface area contributed by atoms with E-state index in [1.807, 2.05) is 13.8 Å². The molecule has 1 aromatic heterocycles. The van der Waals surface area contributed by atoms with Gasteiger partial charge in [0.1, 0.15) is 0 Å². The van der Waals surface area contributed by atoms with Gasteiger partial charge < -0.3 is 4.90 Å². The van der Waals surface area contributed by atoms with E-state index in [4.69, 9.17) is 11.6 Å². The van der Waals surface area contributed by atoms with Crippen LogP contribution in [0.3, 0.4) is 0 Å². The molecule has 0 aliphatic carbocycles. The number of halogens is 1. The lowest BCUT2D eigenvalue weighted by atomic mass is 9.93. The molecule has 0 unspecified atom stereocenters. The van der Waals surface area contributed by atoms with Crippen LogP contribution >= 0.6 is 11.6 Å². The van der Waals surface area contributed by atoms with Gasteiger partial charge in [-0.2, -0.15) is 0 Å². The third-order valence-electron chi connectivity index (χ3n) is 3.22. The first-order valence-electron chi connectivity index (χ1n) is 5.65. The highest BCUT2D eigenvalue weighted by atomic mass is 35.5. The van der Waals surface area contributed by atoms with Gasteiger partial charge in [0.05, 0.1) is 11.4 Å². The van der Waals surface area contributed by atoms with E-state index in [0.29, 0.717) is 10.6 Å². The summed E-state index contributed by atoms with van der Waals surface area (Å²) in [6.45, 7) is 10.5. The summed E-state index contributed by atoms with van der Waals surface area (Å²) in [4.78, 5) is 11.1. The van der Waals surface area contributed by atoms with E-state index < -0.39 is 0 Å². The van der Waals surface area contributed by atoms with Gasteiger partial charge in [0, 0.05) is 13.1 Å². The Bertz CT molecular complexity index is 415. The second-order valence-corrected chi connectivity index (χ2v) is 5.70. The van der Waals surface area contributed by atoms with Crippen LogP contribution in [-0.2, 0) is 0 Å². The molecule has 0 N–H and O–H groups in total. The van der Waals surface area contributed by atoms with Crippen molar-refractivity contribution < 1.29 is 0 Å². The Labute approximate surface area is 102 Å². The summed E-state index contributed by atoms with van der Waals surface area (Å²) in [7, 11) is 0. The van der Waals surface area contributed by atoms with E-state index >= 15 is 0 Å². The summed E-state index contributed by atoms with van der Waals surface area (Å²) in [5, 5.41) is 0.529. The van der Waals surface area contributed by atoms with Gasteiger partial charge in [-0.05, 0) is 25.7 Å². The van der Waals surface area contributed by atoms with Crippen molar-refractivity contribution in [2.75, 3.05) is 18.0 Å². The second-order valence-electron chi connectivity index (χ2n) is 5.34.